The van der Waals surface area contributed by atoms with Gasteiger partial charge >= 0.3 is 0 Å². The highest BCUT2D eigenvalue weighted by Crippen LogP contribution is 2.38. The first kappa shape index (κ1) is 11.9. The molecule has 0 bridgehead atoms. The molecule has 0 heterocycles. The fourth-order valence-electron chi connectivity index (χ4n) is 0.273. The second kappa shape index (κ2) is 4.20. The molecule has 0 aromatic rings. The van der Waals surface area contributed by atoms with Crippen LogP contribution in [0, 0.1) is 0 Å². The molecular weight excluding hydrogens is 253 g/mol. The summed E-state index contributed by atoms with van der Waals surface area (Å²) in [6, 6.07) is 0. The molecule has 0 atom stereocenters. The molecule has 0 saturated heterocycles. The zero-order chi connectivity index (χ0) is 9.23. The fraction of sp³-hybridized carbons (Fsp3) is 0.400. The van der Waals surface area contributed by atoms with E-state index in [9.17, 15) is 4.79 Å². The van der Waals surface area contributed by atoms with E-state index in [0.29, 0.717) is 0 Å². The molecule has 6 heteroatoms. The van der Waals surface area contributed by atoms with Crippen LogP contribution in [0.5, 0.6) is 0 Å². The van der Waals surface area contributed by atoms with Gasteiger partial charge < -0.3 is 0 Å². The zero-order valence-electron chi connectivity index (χ0n) is 5.30. The molecule has 0 aliphatic rings. The van der Waals surface area contributed by atoms with Crippen molar-refractivity contribution in [1.29, 1.82) is 0 Å². The lowest BCUT2D eigenvalue weighted by Crippen LogP contribution is -2.23. The third kappa shape index (κ3) is 3.00. The number of rotatable bonds is 2. The molecule has 0 aromatic carbocycles. The maximum atomic E-state index is 10.7. The van der Waals surface area contributed by atoms with Gasteiger partial charge in [0, 0.05) is 0 Å². The Morgan fingerprint density at radius 3 is 1.64 bits per heavy atom. The monoisotopic (exact) mass is 254 g/mol. The summed E-state index contributed by atoms with van der Waals surface area (Å²) in [4.78, 5) is 10.7. The second-order valence-corrected chi connectivity index (χ2v) is 4.36. The molecule has 0 rings (SSSR count). The number of allylic oxidation sites excluding steroid dienone is 1. The molecule has 0 unspecified atom stereocenters. The third-order valence-electron chi connectivity index (χ3n) is 0.884. The van der Waals surface area contributed by atoms with Gasteiger partial charge in [-0.1, -0.05) is 58.0 Å². The van der Waals surface area contributed by atoms with Crippen molar-refractivity contribution in [3.8, 4) is 0 Å². The molecule has 64 valence electrons. The summed E-state index contributed by atoms with van der Waals surface area (Å²) >= 11 is 26.9. The number of alkyl halides is 2. The van der Waals surface area contributed by atoms with Crippen LogP contribution < -0.4 is 0 Å². The largest absolute Gasteiger partial charge is 0.296 e. The molecule has 0 spiro atoms. The predicted octanol–water partition coefficient (Wildman–Crippen LogP) is 3.63. The van der Waals surface area contributed by atoms with Crippen molar-refractivity contribution in [2.24, 2.45) is 0 Å². The van der Waals surface area contributed by atoms with Crippen LogP contribution in [0.3, 0.4) is 0 Å². The van der Waals surface area contributed by atoms with Gasteiger partial charge in [0.25, 0.3) is 0 Å². The van der Waals surface area contributed by atoms with Gasteiger partial charge in [0.05, 0.1) is 5.03 Å². The minimum Gasteiger partial charge on any atom is -0.296 e. The number of ketones is 1. The summed E-state index contributed by atoms with van der Waals surface area (Å²) in [5, 5.41) is -0.281. The fourth-order valence-corrected chi connectivity index (χ4v) is 1.07. The van der Waals surface area contributed by atoms with Crippen LogP contribution in [0.4, 0.5) is 0 Å². The Bertz CT molecular complexity index is 203. The summed E-state index contributed by atoms with van der Waals surface area (Å²) in [6.45, 7) is 1.18. The van der Waals surface area contributed by atoms with E-state index in [-0.39, 0.29) is 9.52 Å². The maximum Gasteiger partial charge on any atom is 0.213 e. The normalized spacial score (nSPS) is 11.1. The molecule has 11 heavy (non-hydrogen) atoms. The SMILES string of the molecule is CC(=O)C(Cl)(Cl)C(Cl)=C(Cl)Cl. The molecule has 0 aliphatic carbocycles. The summed E-state index contributed by atoms with van der Waals surface area (Å²) in [5.74, 6) is -0.537. The lowest BCUT2D eigenvalue weighted by atomic mass is 10.3. The molecule has 0 fully saturated rings. The van der Waals surface area contributed by atoms with E-state index < -0.39 is 10.1 Å². The first-order valence-corrected chi connectivity index (χ1v) is 4.29. The van der Waals surface area contributed by atoms with Crippen LogP contribution in [0.25, 0.3) is 0 Å². The van der Waals surface area contributed by atoms with Crippen LogP contribution in [-0.2, 0) is 4.79 Å². The summed E-state index contributed by atoms with van der Waals surface area (Å²) in [7, 11) is 0. The third-order valence-corrected chi connectivity index (χ3v) is 3.03. The van der Waals surface area contributed by atoms with Crippen molar-refractivity contribution in [3.05, 3.63) is 9.52 Å². The van der Waals surface area contributed by atoms with E-state index in [1.807, 2.05) is 0 Å². The minimum absolute atomic E-state index is 0.281. The molecule has 1 nitrogen and oxygen atoms in total. The summed E-state index contributed by atoms with van der Waals surface area (Å²) in [6.07, 6.45) is 0. The van der Waals surface area contributed by atoms with E-state index in [0.717, 1.165) is 0 Å². The Morgan fingerprint density at radius 2 is 1.55 bits per heavy atom. The molecule has 0 aromatic heterocycles. The Morgan fingerprint density at radius 1 is 1.18 bits per heavy atom. The van der Waals surface area contributed by atoms with Crippen LogP contribution in [0.15, 0.2) is 9.52 Å². The minimum atomic E-state index is -1.83. The van der Waals surface area contributed by atoms with Crippen molar-refractivity contribution < 1.29 is 4.79 Å². The van der Waals surface area contributed by atoms with E-state index >= 15 is 0 Å². The molecule has 0 N–H and O–H groups in total. The van der Waals surface area contributed by atoms with Gasteiger partial charge in [-0.2, -0.15) is 0 Å². The Kier molecular flexibility index (Phi) is 4.53. The summed E-state index contributed by atoms with van der Waals surface area (Å²) < 4.78 is -2.15. The van der Waals surface area contributed by atoms with E-state index in [1.54, 1.807) is 0 Å². The first-order valence-electron chi connectivity index (χ1n) is 2.40. The van der Waals surface area contributed by atoms with Gasteiger partial charge in [0.1, 0.15) is 4.49 Å². The van der Waals surface area contributed by atoms with E-state index in [4.69, 9.17) is 58.0 Å². The van der Waals surface area contributed by atoms with Gasteiger partial charge in [-0.3, -0.25) is 4.79 Å². The average Bonchev–Trinajstić information content (AvgIpc) is 1.85. The predicted molar refractivity (Wildman–Crippen MR) is 49.7 cm³/mol. The topological polar surface area (TPSA) is 17.1 Å². The quantitative estimate of drug-likeness (QED) is 0.689. The van der Waals surface area contributed by atoms with Crippen molar-refractivity contribution in [2.75, 3.05) is 0 Å². The number of hydrogen-bond acceptors (Lipinski definition) is 1. The van der Waals surface area contributed by atoms with E-state index in [2.05, 4.69) is 0 Å². The highest BCUT2D eigenvalue weighted by molar-refractivity contribution is 6.68. The van der Waals surface area contributed by atoms with Crippen molar-refractivity contribution in [1.82, 2.24) is 0 Å². The Hall–Kier alpha value is 0.860. The van der Waals surface area contributed by atoms with Gasteiger partial charge in [-0.25, -0.2) is 0 Å². The van der Waals surface area contributed by atoms with Crippen LogP contribution in [-0.4, -0.2) is 10.1 Å². The summed E-state index contributed by atoms with van der Waals surface area (Å²) in [5.41, 5.74) is 0. The molecule has 0 amide bonds. The molecule has 0 saturated carbocycles. The number of Topliss-reactive ketones (excluding diaryl/α,β-unsaturated/α-hetero) is 1. The second-order valence-electron chi connectivity index (χ2n) is 1.70. The van der Waals surface area contributed by atoms with Crippen molar-refractivity contribution >= 4 is 63.8 Å². The van der Waals surface area contributed by atoms with Gasteiger partial charge in [-0.15, -0.1) is 0 Å². The number of hydrogen-bond donors (Lipinski definition) is 0. The lowest BCUT2D eigenvalue weighted by molar-refractivity contribution is -0.116. The Balaban J connectivity index is 4.86. The first-order chi connectivity index (χ1) is 4.80. The smallest absolute Gasteiger partial charge is 0.213 e. The van der Waals surface area contributed by atoms with Crippen molar-refractivity contribution in [2.45, 2.75) is 11.3 Å². The van der Waals surface area contributed by atoms with Crippen LogP contribution in [0.2, 0.25) is 0 Å². The Labute approximate surface area is 89.2 Å². The van der Waals surface area contributed by atoms with Crippen LogP contribution in [0.1, 0.15) is 6.92 Å². The number of carbonyl (C=O) groups excluding carboxylic acids is 1. The molecule has 0 aliphatic heterocycles. The van der Waals surface area contributed by atoms with E-state index in [1.165, 1.54) is 6.92 Å². The highest BCUT2D eigenvalue weighted by atomic mass is 35.5. The highest BCUT2D eigenvalue weighted by Gasteiger charge is 2.35. The standard InChI is InChI=1S/C5H3Cl5O/c1-2(11)5(9,10)3(6)4(7)8/h1H3. The molecule has 0 radical (unpaired) electrons. The van der Waals surface area contributed by atoms with Gasteiger partial charge in [0.15, 0.2) is 5.78 Å². The van der Waals surface area contributed by atoms with Crippen molar-refractivity contribution in [3.63, 3.8) is 0 Å². The maximum absolute atomic E-state index is 10.7. The van der Waals surface area contributed by atoms with Gasteiger partial charge in [-0.05, 0) is 6.92 Å². The number of carbonyl (C=O) groups is 1. The lowest BCUT2D eigenvalue weighted by Gasteiger charge is -2.14. The molecular formula is C5H3Cl5O. The van der Waals surface area contributed by atoms with Gasteiger partial charge in [0.2, 0.25) is 4.33 Å². The van der Waals surface area contributed by atoms with Crippen LogP contribution >= 0.6 is 58.0 Å². The zero-order valence-corrected chi connectivity index (χ0v) is 9.08. The average molecular weight is 256 g/mol. The number of halogens is 5.